The summed E-state index contributed by atoms with van der Waals surface area (Å²) < 4.78 is 14.8. The summed E-state index contributed by atoms with van der Waals surface area (Å²) in [5.41, 5.74) is 0.791. The minimum atomic E-state index is -0.846. The van der Waals surface area contributed by atoms with Crippen LogP contribution in [0.2, 0.25) is 5.15 Å². The van der Waals surface area contributed by atoms with E-state index in [1.165, 1.54) is 33.9 Å². The first-order valence-corrected chi connectivity index (χ1v) is 7.51. The molecule has 0 aliphatic rings. The van der Waals surface area contributed by atoms with Crippen molar-refractivity contribution in [1.82, 2.24) is 4.40 Å². The fraction of sp³-hybridized carbons (Fsp3) is 0.133. The number of aliphatic hydroxyl groups is 1. The van der Waals surface area contributed by atoms with E-state index in [9.17, 15) is 14.3 Å². The van der Waals surface area contributed by atoms with Gasteiger partial charge in [0, 0.05) is 5.38 Å². The van der Waals surface area contributed by atoms with E-state index in [4.69, 9.17) is 11.6 Å². The summed E-state index contributed by atoms with van der Waals surface area (Å²) in [6.07, 6.45) is -0.846. The zero-order valence-electron chi connectivity index (χ0n) is 11.0. The van der Waals surface area contributed by atoms with Crippen LogP contribution in [-0.4, -0.2) is 9.51 Å². The first kappa shape index (κ1) is 14.3. The molecule has 6 heteroatoms. The van der Waals surface area contributed by atoms with Gasteiger partial charge in [0.15, 0.2) is 0 Å². The van der Waals surface area contributed by atoms with Crippen LogP contribution in [0.4, 0.5) is 4.39 Å². The first-order chi connectivity index (χ1) is 9.99. The lowest BCUT2D eigenvalue weighted by atomic mass is 9.98. The molecule has 1 aromatic carbocycles. The normalized spacial score (nSPS) is 12.8. The molecular weight excluding hydrogens is 313 g/mol. The molecule has 0 saturated heterocycles. The van der Waals surface area contributed by atoms with Gasteiger partial charge >= 0.3 is 0 Å². The number of rotatable bonds is 2. The van der Waals surface area contributed by atoms with E-state index in [0.29, 0.717) is 21.1 Å². The summed E-state index contributed by atoms with van der Waals surface area (Å²) in [4.78, 5) is 13.3. The number of thiazole rings is 1. The molecule has 0 radical (unpaired) electrons. The number of fused-ring (bicyclic) bond motifs is 1. The molecule has 2 heterocycles. The highest BCUT2D eigenvalue weighted by molar-refractivity contribution is 7.16. The zero-order chi connectivity index (χ0) is 15.1. The second-order valence-corrected chi connectivity index (χ2v) is 5.98. The molecule has 3 nitrogen and oxygen atoms in total. The molecule has 3 aromatic rings. The van der Waals surface area contributed by atoms with Gasteiger partial charge in [-0.25, -0.2) is 4.39 Å². The largest absolute Gasteiger partial charge is 0.389 e. The lowest BCUT2D eigenvalue weighted by Gasteiger charge is -2.12. The van der Waals surface area contributed by atoms with Crippen LogP contribution in [0.1, 0.15) is 18.6 Å². The SMILES string of the molecule is CC(O)c1cc2scc(Cl)n2c(=O)c1-c1cccc(F)c1. The van der Waals surface area contributed by atoms with Crippen molar-refractivity contribution in [2.24, 2.45) is 0 Å². The van der Waals surface area contributed by atoms with Crippen LogP contribution >= 0.6 is 22.9 Å². The maximum atomic E-state index is 13.5. The number of nitrogens with zero attached hydrogens (tertiary/aromatic N) is 1. The number of hydrogen-bond acceptors (Lipinski definition) is 3. The number of pyridine rings is 1. The predicted octanol–water partition coefficient (Wildman–Crippen LogP) is 3.87. The Labute approximate surface area is 128 Å². The fourth-order valence-corrected chi connectivity index (χ4v) is 3.48. The average Bonchev–Trinajstić information content (AvgIpc) is 2.80. The van der Waals surface area contributed by atoms with E-state index in [1.54, 1.807) is 24.4 Å². The van der Waals surface area contributed by atoms with E-state index in [1.807, 2.05) is 0 Å². The second-order valence-electron chi connectivity index (χ2n) is 4.70. The van der Waals surface area contributed by atoms with Crippen LogP contribution in [0, 0.1) is 5.82 Å². The van der Waals surface area contributed by atoms with Gasteiger partial charge in [-0.1, -0.05) is 23.7 Å². The quantitative estimate of drug-likeness (QED) is 0.777. The third-order valence-corrected chi connectivity index (χ3v) is 4.55. The summed E-state index contributed by atoms with van der Waals surface area (Å²) in [5.74, 6) is -0.440. The number of aromatic nitrogens is 1. The summed E-state index contributed by atoms with van der Waals surface area (Å²) in [5, 5.41) is 11.9. The molecule has 0 saturated carbocycles. The standard InChI is InChI=1S/C15H11ClFNO2S/c1-8(19)11-6-13-18(12(16)7-21-13)15(20)14(11)9-3-2-4-10(17)5-9/h2-8,19H,1H3. The maximum Gasteiger partial charge on any atom is 0.265 e. The van der Waals surface area contributed by atoms with Crippen molar-refractivity contribution in [1.29, 1.82) is 0 Å². The lowest BCUT2D eigenvalue weighted by molar-refractivity contribution is 0.200. The van der Waals surface area contributed by atoms with Crippen molar-refractivity contribution >= 4 is 27.8 Å². The Balaban J connectivity index is 2.44. The van der Waals surface area contributed by atoms with Crippen molar-refractivity contribution in [2.75, 3.05) is 0 Å². The van der Waals surface area contributed by atoms with E-state index < -0.39 is 11.9 Å². The summed E-state index contributed by atoms with van der Waals surface area (Å²) in [6.45, 7) is 1.57. The van der Waals surface area contributed by atoms with Gasteiger partial charge in [-0.15, -0.1) is 11.3 Å². The molecule has 21 heavy (non-hydrogen) atoms. The van der Waals surface area contributed by atoms with Gasteiger partial charge in [0.1, 0.15) is 15.8 Å². The molecule has 3 rings (SSSR count). The van der Waals surface area contributed by atoms with Crippen LogP contribution in [0.15, 0.2) is 40.5 Å². The van der Waals surface area contributed by atoms with E-state index >= 15 is 0 Å². The van der Waals surface area contributed by atoms with Crippen molar-refractivity contribution in [3.63, 3.8) is 0 Å². The topological polar surface area (TPSA) is 41.7 Å². The van der Waals surface area contributed by atoms with Gasteiger partial charge < -0.3 is 5.11 Å². The smallest absolute Gasteiger partial charge is 0.265 e. The van der Waals surface area contributed by atoms with Crippen LogP contribution < -0.4 is 5.56 Å². The van der Waals surface area contributed by atoms with Crippen LogP contribution in [0.5, 0.6) is 0 Å². The number of halogens is 2. The zero-order valence-corrected chi connectivity index (χ0v) is 12.6. The molecule has 1 unspecified atom stereocenters. The van der Waals surface area contributed by atoms with Crippen molar-refractivity contribution in [3.05, 3.63) is 62.6 Å². The molecule has 0 spiro atoms. The van der Waals surface area contributed by atoms with Crippen molar-refractivity contribution in [3.8, 4) is 11.1 Å². The Morgan fingerprint density at radius 3 is 2.81 bits per heavy atom. The van der Waals surface area contributed by atoms with Gasteiger partial charge in [0.2, 0.25) is 0 Å². The third kappa shape index (κ3) is 2.37. The molecule has 1 atom stereocenters. The minimum absolute atomic E-state index is 0.266. The van der Waals surface area contributed by atoms with Crippen LogP contribution in [0.25, 0.3) is 16.0 Å². The van der Waals surface area contributed by atoms with Crippen LogP contribution in [0.3, 0.4) is 0 Å². The molecule has 0 aliphatic carbocycles. The van der Waals surface area contributed by atoms with Crippen molar-refractivity contribution < 1.29 is 9.50 Å². The van der Waals surface area contributed by atoms with Gasteiger partial charge in [0.25, 0.3) is 5.56 Å². The van der Waals surface area contributed by atoms with Crippen LogP contribution in [-0.2, 0) is 0 Å². The van der Waals surface area contributed by atoms with Gasteiger partial charge in [0.05, 0.1) is 11.7 Å². The minimum Gasteiger partial charge on any atom is -0.389 e. The first-order valence-electron chi connectivity index (χ1n) is 6.25. The Kier molecular flexibility index (Phi) is 3.57. The Morgan fingerprint density at radius 2 is 2.14 bits per heavy atom. The Hall–Kier alpha value is -1.69. The molecule has 108 valence electrons. The molecule has 1 N–H and O–H groups in total. The van der Waals surface area contributed by atoms with E-state index in [-0.39, 0.29) is 11.1 Å². The highest BCUT2D eigenvalue weighted by Crippen LogP contribution is 2.30. The fourth-order valence-electron chi connectivity index (χ4n) is 2.32. The second kappa shape index (κ2) is 5.26. The summed E-state index contributed by atoms with van der Waals surface area (Å²) >= 11 is 7.35. The predicted molar refractivity (Wildman–Crippen MR) is 82.6 cm³/mol. The highest BCUT2D eigenvalue weighted by Gasteiger charge is 2.18. The molecule has 0 fully saturated rings. The molecule has 0 aliphatic heterocycles. The lowest BCUT2D eigenvalue weighted by Crippen LogP contribution is -2.18. The monoisotopic (exact) mass is 323 g/mol. The Morgan fingerprint density at radius 1 is 1.38 bits per heavy atom. The van der Waals surface area contributed by atoms with Crippen molar-refractivity contribution in [2.45, 2.75) is 13.0 Å². The van der Waals surface area contributed by atoms with E-state index in [2.05, 4.69) is 0 Å². The molecular formula is C15H11ClFNO2S. The third-order valence-electron chi connectivity index (χ3n) is 3.26. The number of hydrogen-bond donors (Lipinski definition) is 1. The van der Waals surface area contributed by atoms with Gasteiger partial charge in [-0.05, 0) is 36.2 Å². The summed E-state index contributed by atoms with van der Waals surface area (Å²) in [6, 6.07) is 7.45. The van der Waals surface area contributed by atoms with E-state index in [0.717, 1.165) is 0 Å². The summed E-state index contributed by atoms with van der Waals surface area (Å²) in [7, 11) is 0. The molecule has 0 amide bonds. The highest BCUT2D eigenvalue weighted by atomic mass is 35.5. The number of aliphatic hydroxyl groups excluding tert-OH is 1. The maximum absolute atomic E-state index is 13.5. The molecule has 2 aromatic heterocycles. The van der Waals surface area contributed by atoms with Gasteiger partial charge in [-0.2, -0.15) is 0 Å². The number of benzene rings is 1. The van der Waals surface area contributed by atoms with Gasteiger partial charge in [-0.3, -0.25) is 9.20 Å². The molecule has 0 bridgehead atoms. The average molecular weight is 324 g/mol. The Bertz CT molecular complexity index is 885.